The standard InChI is InChI=1S/C29H33FN6O2/c1-31-29-32-15-14-25(33-29)28-27(21-6-8-22(30)9-7-21)34-26-13-10-23(36(26)28)19-35(16-17-37-2)18-20-4-11-24(38-3)12-5-20/h4-9,11-12,14-15,23H,10,13,16-19H2,1-3H3,(H,31,32,33)/t23-/m0/s1. The highest BCUT2D eigenvalue weighted by molar-refractivity contribution is 5.78. The Morgan fingerprint density at radius 2 is 1.84 bits per heavy atom. The van der Waals surface area contributed by atoms with Crippen molar-refractivity contribution in [1.29, 1.82) is 0 Å². The Balaban J connectivity index is 1.51. The van der Waals surface area contributed by atoms with Gasteiger partial charge in [0.25, 0.3) is 0 Å². The van der Waals surface area contributed by atoms with E-state index in [4.69, 9.17) is 19.4 Å². The Labute approximate surface area is 222 Å². The van der Waals surface area contributed by atoms with Crippen LogP contribution < -0.4 is 10.1 Å². The Kier molecular flexibility index (Phi) is 7.95. The third kappa shape index (κ3) is 5.54. The lowest BCUT2D eigenvalue weighted by atomic mass is 10.1. The Morgan fingerprint density at radius 1 is 1.05 bits per heavy atom. The van der Waals surface area contributed by atoms with E-state index in [1.54, 1.807) is 39.6 Å². The van der Waals surface area contributed by atoms with Crippen LogP contribution >= 0.6 is 0 Å². The molecule has 2 aromatic carbocycles. The predicted octanol–water partition coefficient (Wildman–Crippen LogP) is 4.83. The fourth-order valence-corrected chi connectivity index (χ4v) is 5.05. The molecule has 0 amide bonds. The van der Waals surface area contributed by atoms with Crippen LogP contribution in [0.25, 0.3) is 22.6 Å². The van der Waals surface area contributed by atoms with Gasteiger partial charge < -0.3 is 19.4 Å². The van der Waals surface area contributed by atoms with Crippen molar-refractivity contribution in [2.75, 3.05) is 46.3 Å². The number of aromatic nitrogens is 4. The minimum atomic E-state index is -0.272. The number of aryl methyl sites for hydroxylation is 1. The van der Waals surface area contributed by atoms with E-state index >= 15 is 0 Å². The molecule has 0 radical (unpaired) electrons. The first-order valence-electron chi connectivity index (χ1n) is 12.8. The molecule has 1 N–H and O–H groups in total. The summed E-state index contributed by atoms with van der Waals surface area (Å²) in [6, 6.07) is 16.8. The SMILES string of the molecule is CNc1nccc(-c2c(-c3ccc(F)cc3)nc3n2[C@H](CN(CCOC)Cc2ccc(OC)cc2)CC3)n1. The summed E-state index contributed by atoms with van der Waals surface area (Å²) in [7, 11) is 5.21. The molecule has 9 heteroatoms. The molecule has 0 aliphatic carbocycles. The normalized spacial score (nSPS) is 14.6. The number of nitrogens with zero attached hydrogens (tertiary/aromatic N) is 5. The van der Waals surface area contributed by atoms with Crippen LogP contribution in [0.1, 0.15) is 23.9 Å². The first-order chi connectivity index (χ1) is 18.6. The Bertz CT molecular complexity index is 1360. The van der Waals surface area contributed by atoms with Gasteiger partial charge in [-0.05, 0) is 54.4 Å². The Hall–Kier alpha value is -3.82. The molecule has 3 heterocycles. The molecule has 0 unspecified atom stereocenters. The molecule has 2 aromatic heterocycles. The van der Waals surface area contributed by atoms with Crippen molar-refractivity contribution in [3.63, 3.8) is 0 Å². The number of benzene rings is 2. The quantitative estimate of drug-likeness (QED) is 0.306. The lowest BCUT2D eigenvalue weighted by molar-refractivity contribution is 0.134. The molecular weight excluding hydrogens is 483 g/mol. The highest BCUT2D eigenvalue weighted by Gasteiger charge is 2.32. The van der Waals surface area contributed by atoms with Gasteiger partial charge in [-0.2, -0.15) is 0 Å². The topological polar surface area (TPSA) is 77.3 Å². The highest BCUT2D eigenvalue weighted by Crippen LogP contribution is 2.39. The smallest absolute Gasteiger partial charge is 0.222 e. The van der Waals surface area contributed by atoms with E-state index in [-0.39, 0.29) is 11.9 Å². The second-order valence-electron chi connectivity index (χ2n) is 9.39. The summed E-state index contributed by atoms with van der Waals surface area (Å²) >= 11 is 0. The number of anilines is 1. The molecule has 1 aliphatic heterocycles. The molecule has 1 atom stereocenters. The number of hydrogen-bond acceptors (Lipinski definition) is 7. The first kappa shape index (κ1) is 25.8. The van der Waals surface area contributed by atoms with Gasteiger partial charge in [-0.1, -0.05) is 12.1 Å². The summed E-state index contributed by atoms with van der Waals surface area (Å²) in [6.07, 6.45) is 3.60. The van der Waals surface area contributed by atoms with Crippen molar-refractivity contribution in [2.45, 2.75) is 25.4 Å². The van der Waals surface area contributed by atoms with E-state index in [0.717, 1.165) is 66.7 Å². The molecule has 38 heavy (non-hydrogen) atoms. The summed E-state index contributed by atoms with van der Waals surface area (Å²) < 4.78 is 26.8. The van der Waals surface area contributed by atoms with Crippen molar-refractivity contribution in [1.82, 2.24) is 24.4 Å². The van der Waals surface area contributed by atoms with Crippen LogP contribution in [0, 0.1) is 5.82 Å². The van der Waals surface area contributed by atoms with Crippen molar-refractivity contribution in [3.8, 4) is 28.4 Å². The molecule has 8 nitrogen and oxygen atoms in total. The fraction of sp³-hybridized carbons (Fsp3) is 0.345. The molecule has 0 fully saturated rings. The van der Waals surface area contributed by atoms with E-state index in [1.807, 2.05) is 18.2 Å². The maximum Gasteiger partial charge on any atom is 0.222 e. The monoisotopic (exact) mass is 516 g/mol. The molecule has 0 spiro atoms. The summed E-state index contributed by atoms with van der Waals surface area (Å²) in [5, 5.41) is 3.03. The van der Waals surface area contributed by atoms with Crippen LogP contribution in [0.15, 0.2) is 60.8 Å². The second kappa shape index (κ2) is 11.7. The van der Waals surface area contributed by atoms with Crippen LogP contribution in [-0.2, 0) is 17.7 Å². The maximum atomic E-state index is 13.7. The first-order valence-corrected chi connectivity index (χ1v) is 12.8. The number of rotatable bonds is 11. The van der Waals surface area contributed by atoms with E-state index in [9.17, 15) is 4.39 Å². The fourth-order valence-electron chi connectivity index (χ4n) is 5.05. The summed E-state index contributed by atoms with van der Waals surface area (Å²) in [5.41, 5.74) is 4.61. The molecule has 5 rings (SSSR count). The van der Waals surface area contributed by atoms with Crippen LogP contribution in [0.2, 0.25) is 0 Å². The zero-order chi connectivity index (χ0) is 26.5. The van der Waals surface area contributed by atoms with Gasteiger partial charge in [-0.25, -0.2) is 19.3 Å². The van der Waals surface area contributed by atoms with Gasteiger partial charge in [0.15, 0.2) is 0 Å². The second-order valence-corrected chi connectivity index (χ2v) is 9.39. The summed E-state index contributed by atoms with van der Waals surface area (Å²) in [4.78, 5) is 16.5. The van der Waals surface area contributed by atoms with Crippen LogP contribution in [0.4, 0.5) is 10.3 Å². The number of halogens is 1. The average Bonchev–Trinajstić information content (AvgIpc) is 3.52. The van der Waals surface area contributed by atoms with Gasteiger partial charge in [0.2, 0.25) is 5.95 Å². The third-order valence-corrected chi connectivity index (χ3v) is 6.94. The third-order valence-electron chi connectivity index (χ3n) is 6.94. The lowest BCUT2D eigenvalue weighted by Gasteiger charge is -2.27. The van der Waals surface area contributed by atoms with E-state index in [2.05, 4.69) is 31.9 Å². The van der Waals surface area contributed by atoms with E-state index in [0.29, 0.717) is 12.6 Å². The van der Waals surface area contributed by atoms with Gasteiger partial charge in [0.05, 0.1) is 30.8 Å². The van der Waals surface area contributed by atoms with E-state index in [1.165, 1.54) is 17.7 Å². The molecule has 198 valence electrons. The summed E-state index contributed by atoms with van der Waals surface area (Å²) in [5.74, 6) is 2.13. The van der Waals surface area contributed by atoms with Crippen LogP contribution in [-0.4, -0.2) is 65.4 Å². The number of imidazole rings is 1. The molecule has 0 bridgehead atoms. The highest BCUT2D eigenvalue weighted by atomic mass is 19.1. The Morgan fingerprint density at radius 3 is 2.55 bits per heavy atom. The number of fused-ring (bicyclic) bond motifs is 1. The molecule has 0 saturated heterocycles. The minimum absolute atomic E-state index is 0.199. The zero-order valence-electron chi connectivity index (χ0n) is 22.0. The van der Waals surface area contributed by atoms with Crippen molar-refractivity contribution in [3.05, 3.63) is 78.0 Å². The van der Waals surface area contributed by atoms with Gasteiger partial charge in [-0.3, -0.25) is 4.90 Å². The zero-order valence-corrected chi connectivity index (χ0v) is 22.0. The molecule has 1 aliphatic rings. The lowest BCUT2D eigenvalue weighted by Crippen LogP contribution is -2.32. The van der Waals surface area contributed by atoms with Gasteiger partial charge in [0, 0.05) is 58.0 Å². The molecular formula is C29H33FN6O2. The average molecular weight is 517 g/mol. The number of ether oxygens (including phenoxy) is 2. The van der Waals surface area contributed by atoms with Crippen LogP contribution in [0.3, 0.4) is 0 Å². The van der Waals surface area contributed by atoms with Gasteiger partial charge >= 0.3 is 0 Å². The van der Waals surface area contributed by atoms with Crippen LogP contribution in [0.5, 0.6) is 5.75 Å². The minimum Gasteiger partial charge on any atom is -0.497 e. The van der Waals surface area contributed by atoms with Crippen molar-refractivity contribution in [2.24, 2.45) is 0 Å². The summed E-state index contributed by atoms with van der Waals surface area (Å²) in [6.45, 7) is 3.08. The largest absolute Gasteiger partial charge is 0.497 e. The number of nitrogens with one attached hydrogen (secondary N) is 1. The van der Waals surface area contributed by atoms with Crippen molar-refractivity contribution < 1.29 is 13.9 Å². The van der Waals surface area contributed by atoms with E-state index < -0.39 is 0 Å². The number of methoxy groups -OCH3 is 2. The predicted molar refractivity (Wildman–Crippen MR) is 146 cm³/mol. The van der Waals surface area contributed by atoms with Crippen molar-refractivity contribution >= 4 is 5.95 Å². The molecule has 0 saturated carbocycles. The number of hydrogen-bond donors (Lipinski definition) is 1. The maximum absolute atomic E-state index is 13.7. The van der Waals surface area contributed by atoms with Gasteiger partial charge in [0.1, 0.15) is 17.4 Å². The van der Waals surface area contributed by atoms with Gasteiger partial charge in [-0.15, -0.1) is 0 Å². The molecule has 4 aromatic rings.